The van der Waals surface area contributed by atoms with E-state index in [0.29, 0.717) is 13.0 Å². The van der Waals surface area contributed by atoms with E-state index in [1.807, 2.05) is 20.8 Å². The van der Waals surface area contributed by atoms with Crippen molar-refractivity contribution in [2.45, 2.75) is 162 Å². The van der Waals surface area contributed by atoms with Crippen LogP contribution in [0.15, 0.2) is 0 Å². The molecule has 234 valence electrons. The number of amides is 2. The van der Waals surface area contributed by atoms with Crippen LogP contribution in [0.25, 0.3) is 0 Å². The van der Waals surface area contributed by atoms with Crippen molar-refractivity contribution >= 4 is 24.1 Å². The summed E-state index contributed by atoms with van der Waals surface area (Å²) in [5, 5.41) is 5.28. The Morgan fingerprint density at radius 3 is 1.23 bits per heavy atom. The molecule has 2 N–H and O–H groups in total. The van der Waals surface area contributed by atoms with E-state index in [9.17, 15) is 19.2 Å². The Balaban J connectivity index is 5.20. The summed E-state index contributed by atoms with van der Waals surface area (Å²) in [5.74, 6) is -1.75. The van der Waals surface area contributed by atoms with Gasteiger partial charge in [-0.25, -0.2) is 19.2 Å². The Hall–Kier alpha value is -2.52. The van der Waals surface area contributed by atoms with Crippen molar-refractivity contribution in [3.8, 4) is 0 Å². The Bertz CT molecular complexity index is 799. The van der Waals surface area contributed by atoms with Gasteiger partial charge in [-0.2, -0.15) is 0 Å². The SMILES string of the molecule is CC(C)(C)OC(=O)NCCCCCCCCCC(NC(=O)OC(C)(C)C)(C(=O)OC(C)(C)C)C(=O)OC(C)(C)C. The molecule has 0 radical (unpaired) electrons. The van der Waals surface area contributed by atoms with Gasteiger partial charge >= 0.3 is 24.1 Å². The molecule has 0 unspecified atom stereocenters. The molecule has 0 aliphatic carbocycles. The van der Waals surface area contributed by atoms with Crippen LogP contribution in [0.4, 0.5) is 9.59 Å². The molecule has 40 heavy (non-hydrogen) atoms. The van der Waals surface area contributed by atoms with Crippen molar-refractivity contribution in [1.82, 2.24) is 10.6 Å². The van der Waals surface area contributed by atoms with Gasteiger partial charge in [-0.05, 0) is 102 Å². The average molecular weight is 573 g/mol. The fourth-order valence-electron chi connectivity index (χ4n) is 3.56. The summed E-state index contributed by atoms with van der Waals surface area (Å²) in [7, 11) is 0. The number of unbranched alkanes of at least 4 members (excludes halogenated alkanes) is 6. The molecule has 2 amide bonds. The molecule has 0 aromatic rings. The highest BCUT2D eigenvalue weighted by Gasteiger charge is 2.52. The molecule has 0 rings (SSSR count). The second kappa shape index (κ2) is 15.5. The Morgan fingerprint density at radius 1 is 0.475 bits per heavy atom. The number of nitrogens with one attached hydrogen (secondary N) is 2. The smallest absolute Gasteiger partial charge is 0.409 e. The zero-order valence-corrected chi connectivity index (χ0v) is 27.1. The summed E-state index contributed by atoms with van der Waals surface area (Å²) in [5.41, 5.74) is -5.18. The minimum Gasteiger partial charge on any atom is -0.458 e. The van der Waals surface area contributed by atoms with E-state index < -0.39 is 52.1 Å². The van der Waals surface area contributed by atoms with Gasteiger partial charge in [0.05, 0.1) is 0 Å². The number of ether oxygens (including phenoxy) is 4. The fraction of sp³-hybridized carbons (Fsp3) is 0.867. The average Bonchev–Trinajstić information content (AvgIpc) is 2.68. The summed E-state index contributed by atoms with van der Waals surface area (Å²) >= 11 is 0. The molecule has 0 bridgehead atoms. The molecule has 10 heteroatoms. The quantitative estimate of drug-likeness (QED) is 0.110. The van der Waals surface area contributed by atoms with Crippen LogP contribution in [0.2, 0.25) is 0 Å². The number of esters is 2. The molecule has 10 nitrogen and oxygen atoms in total. The van der Waals surface area contributed by atoms with Crippen LogP contribution in [0, 0.1) is 0 Å². The Labute approximate surface area is 242 Å². The maximum absolute atomic E-state index is 13.5. The van der Waals surface area contributed by atoms with Gasteiger partial charge in [0.15, 0.2) is 0 Å². The highest BCUT2D eigenvalue weighted by atomic mass is 16.6. The Morgan fingerprint density at radius 2 is 0.825 bits per heavy atom. The van der Waals surface area contributed by atoms with Gasteiger partial charge < -0.3 is 24.3 Å². The third-order valence-corrected chi connectivity index (χ3v) is 5.11. The second-order valence-corrected chi connectivity index (χ2v) is 14.2. The van der Waals surface area contributed by atoms with Crippen LogP contribution in [-0.2, 0) is 28.5 Å². The van der Waals surface area contributed by atoms with Crippen LogP contribution >= 0.6 is 0 Å². The van der Waals surface area contributed by atoms with Gasteiger partial charge in [0.1, 0.15) is 22.4 Å². The monoisotopic (exact) mass is 572 g/mol. The van der Waals surface area contributed by atoms with Crippen LogP contribution in [0.1, 0.15) is 134 Å². The molecule has 0 heterocycles. The van der Waals surface area contributed by atoms with Gasteiger partial charge in [0, 0.05) is 6.54 Å². The number of hydrogen-bond donors (Lipinski definition) is 2. The molecule has 0 aliphatic heterocycles. The van der Waals surface area contributed by atoms with E-state index in [4.69, 9.17) is 18.9 Å². The minimum atomic E-state index is -2.05. The number of carbonyl (C=O) groups excluding carboxylic acids is 4. The molecule has 0 fully saturated rings. The Kier molecular flexibility index (Phi) is 14.5. The van der Waals surface area contributed by atoms with Crippen LogP contribution < -0.4 is 10.6 Å². The molecular weight excluding hydrogens is 516 g/mol. The zero-order valence-electron chi connectivity index (χ0n) is 27.1. The van der Waals surface area contributed by atoms with Gasteiger partial charge in [-0.15, -0.1) is 0 Å². The minimum absolute atomic E-state index is 0.00980. The lowest BCUT2D eigenvalue weighted by molar-refractivity contribution is -0.179. The number of carbonyl (C=O) groups is 4. The first-order valence-electron chi connectivity index (χ1n) is 14.4. The number of rotatable bonds is 13. The normalized spacial score (nSPS) is 12.8. The lowest BCUT2D eigenvalue weighted by Crippen LogP contribution is -2.63. The van der Waals surface area contributed by atoms with Gasteiger partial charge in [-0.3, -0.25) is 5.32 Å². The highest BCUT2D eigenvalue weighted by Crippen LogP contribution is 2.26. The first-order valence-corrected chi connectivity index (χ1v) is 14.4. The number of hydrogen-bond acceptors (Lipinski definition) is 8. The fourth-order valence-corrected chi connectivity index (χ4v) is 3.56. The summed E-state index contributed by atoms with van der Waals surface area (Å²) in [6, 6.07) is 0. The molecular formula is C30H56N2O8. The van der Waals surface area contributed by atoms with Gasteiger partial charge in [0.2, 0.25) is 5.54 Å². The molecule has 0 aromatic heterocycles. The van der Waals surface area contributed by atoms with E-state index >= 15 is 0 Å². The maximum Gasteiger partial charge on any atom is 0.409 e. The predicted molar refractivity (Wildman–Crippen MR) is 155 cm³/mol. The van der Waals surface area contributed by atoms with Crippen molar-refractivity contribution in [2.24, 2.45) is 0 Å². The third kappa shape index (κ3) is 17.9. The van der Waals surface area contributed by atoms with Crippen molar-refractivity contribution in [2.75, 3.05) is 6.54 Å². The molecule has 0 atom stereocenters. The summed E-state index contributed by atoms with van der Waals surface area (Å²) < 4.78 is 21.8. The molecule has 0 aliphatic rings. The highest BCUT2D eigenvalue weighted by molar-refractivity contribution is 6.07. The zero-order chi connectivity index (χ0) is 31.4. The van der Waals surface area contributed by atoms with Crippen LogP contribution in [0.5, 0.6) is 0 Å². The topological polar surface area (TPSA) is 129 Å². The van der Waals surface area contributed by atoms with Crippen molar-refractivity contribution in [3.05, 3.63) is 0 Å². The maximum atomic E-state index is 13.5. The van der Waals surface area contributed by atoms with Gasteiger partial charge in [0.25, 0.3) is 0 Å². The van der Waals surface area contributed by atoms with E-state index in [2.05, 4.69) is 10.6 Å². The first-order chi connectivity index (χ1) is 18.0. The van der Waals surface area contributed by atoms with Gasteiger partial charge in [-0.1, -0.05) is 32.1 Å². The van der Waals surface area contributed by atoms with E-state index in [1.54, 1.807) is 62.3 Å². The van der Waals surface area contributed by atoms with Crippen molar-refractivity contribution < 1.29 is 38.1 Å². The predicted octanol–water partition coefficient (Wildman–Crippen LogP) is 6.58. The first kappa shape index (κ1) is 37.5. The van der Waals surface area contributed by atoms with E-state index in [0.717, 1.165) is 38.5 Å². The number of alkyl carbamates (subject to hydrolysis) is 2. The lowest BCUT2D eigenvalue weighted by Gasteiger charge is -2.35. The van der Waals surface area contributed by atoms with Crippen LogP contribution in [-0.4, -0.2) is 58.6 Å². The molecule has 0 saturated carbocycles. The van der Waals surface area contributed by atoms with E-state index in [1.165, 1.54) is 0 Å². The molecule has 0 spiro atoms. The standard InChI is InChI=1S/C30H56N2O8/c1-26(2,3)37-22(33)30(23(34)38-27(4,5)6,32-25(36)40-29(10,11)12)20-18-16-14-13-15-17-19-21-31-24(35)39-28(7,8)9/h13-21H2,1-12H3,(H,31,35)(H,32,36). The van der Waals surface area contributed by atoms with E-state index in [-0.39, 0.29) is 6.42 Å². The molecule has 0 aromatic carbocycles. The largest absolute Gasteiger partial charge is 0.458 e. The molecule has 0 saturated heterocycles. The van der Waals surface area contributed by atoms with Crippen molar-refractivity contribution in [3.63, 3.8) is 0 Å². The van der Waals surface area contributed by atoms with Crippen molar-refractivity contribution in [1.29, 1.82) is 0 Å². The second-order valence-electron chi connectivity index (χ2n) is 14.2. The summed E-state index contributed by atoms with van der Waals surface area (Å²) in [4.78, 5) is 51.4. The van der Waals surface area contributed by atoms with Crippen LogP contribution in [0.3, 0.4) is 0 Å². The summed E-state index contributed by atoms with van der Waals surface area (Å²) in [6.07, 6.45) is 4.53. The lowest BCUT2D eigenvalue weighted by atomic mass is 9.90. The third-order valence-electron chi connectivity index (χ3n) is 5.11. The summed E-state index contributed by atoms with van der Waals surface area (Å²) in [6.45, 7) is 21.3.